The van der Waals surface area contributed by atoms with Gasteiger partial charge in [0, 0.05) is 18.2 Å². The summed E-state index contributed by atoms with van der Waals surface area (Å²) in [6.45, 7) is 0.214. The van der Waals surface area contributed by atoms with Crippen LogP contribution in [0, 0.1) is 11.7 Å². The van der Waals surface area contributed by atoms with Crippen LogP contribution in [0.15, 0.2) is 41.5 Å². The molecular weight excluding hydrogens is 454 g/mol. The number of aliphatic imine (C=N–C) groups is 1. The number of rotatable bonds is 4. The summed E-state index contributed by atoms with van der Waals surface area (Å²) in [4.78, 5) is 20.6. The zero-order valence-electron chi connectivity index (χ0n) is 16.7. The third-order valence-corrected chi connectivity index (χ3v) is 6.13. The number of nitrogens with zero attached hydrogens (tertiary/aromatic N) is 2. The maximum Gasteiger partial charge on any atom is 0.431 e. The molecule has 2 N–H and O–H groups in total. The van der Waals surface area contributed by atoms with Crippen LogP contribution in [0.4, 0.5) is 17.6 Å². The van der Waals surface area contributed by atoms with Crippen molar-refractivity contribution in [3.63, 3.8) is 0 Å². The maximum atomic E-state index is 14.9. The normalized spacial score (nSPS) is 27.4. The van der Waals surface area contributed by atoms with E-state index in [0.717, 1.165) is 6.07 Å². The van der Waals surface area contributed by atoms with Gasteiger partial charge < -0.3 is 15.2 Å². The van der Waals surface area contributed by atoms with Crippen molar-refractivity contribution in [3.8, 4) is 0 Å². The molecule has 2 aromatic rings. The number of aromatic nitrogens is 1. The van der Waals surface area contributed by atoms with E-state index in [1.807, 2.05) is 0 Å². The first-order valence-electron chi connectivity index (χ1n) is 9.59. The molecule has 1 aromatic heterocycles. The van der Waals surface area contributed by atoms with Crippen LogP contribution in [0.3, 0.4) is 0 Å². The minimum atomic E-state index is -4.83. The van der Waals surface area contributed by atoms with Gasteiger partial charge in [-0.2, -0.15) is 13.2 Å². The van der Waals surface area contributed by atoms with Crippen molar-refractivity contribution >= 4 is 23.4 Å². The Balaban J connectivity index is 1.73. The van der Waals surface area contributed by atoms with E-state index in [1.165, 1.54) is 37.4 Å². The van der Waals surface area contributed by atoms with E-state index in [0.29, 0.717) is 10.6 Å². The average Bonchev–Trinajstić information content (AvgIpc) is 3.16. The number of benzene rings is 1. The predicted molar refractivity (Wildman–Crippen MR) is 107 cm³/mol. The van der Waals surface area contributed by atoms with Gasteiger partial charge in [-0.15, -0.1) is 0 Å². The molecule has 4 rings (SSSR count). The summed E-state index contributed by atoms with van der Waals surface area (Å²) in [6, 6.07) is 6.04. The van der Waals surface area contributed by atoms with Gasteiger partial charge >= 0.3 is 6.18 Å². The van der Waals surface area contributed by atoms with E-state index in [1.54, 1.807) is 0 Å². The Morgan fingerprint density at radius 1 is 1.31 bits per heavy atom. The van der Waals surface area contributed by atoms with Crippen molar-refractivity contribution in [3.05, 3.63) is 64.2 Å². The number of amidine groups is 1. The molecule has 0 bridgehead atoms. The van der Waals surface area contributed by atoms with Crippen LogP contribution in [0.1, 0.15) is 28.5 Å². The van der Waals surface area contributed by atoms with E-state index in [-0.39, 0.29) is 30.1 Å². The fourth-order valence-corrected chi connectivity index (χ4v) is 4.38. The molecule has 0 radical (unpaired) electrons. The molecule has 6 nitrogen and oxygen atoms in total. The Bertz CT molecular complexity index is 1090. The van der Waals surface area contributed by atoms with Crippen molar-refractivity contribution in [1.29, 1.82) is 0 Å². The minimum absolute atomic E-state index is 0.137. The lowest BCUT2D eigenvalue weighted by Crippen LogP contribution is -2.63. The molecular formula is C21H18ClF4N3O3. The van der Waals surface area contributed by atoms with E-state index < -0.39 is 41.7 Å². The first-order chi connectivity index (χ1) is 15.0. The van der Waals surface area contributed by atoms with Crippen molar-refractivity contribution in [1.82, 2.24) is 4.98 Å². The lowest BCUT2D eigenvalue weighted by molar-refractivity contribution is -0.274. The quantitative estimate of drug-likeness (QED) is 0.541. The van der Waals surface area contributed by atoms with Gasteiger partial charge in [0.1, 0.15) is 17.1 Å². The summed E-state index contributed by atoms with van der Waals surface area (Å²) in [5.74, 6) is -2.54. The van der Waals surface area contributed by atoms with Gasteiger partial charge in [-0.3, -0.25) is 9.78 Å². The van der Waals surface area contributed by atoms with Gasteiger partial charge in [-0.1, -0.05) is 17.7 Å². The second-order valence-electron chi connectivity index (χ2n) is 7.93. The topological polar surface area (TPSA) is 86.8 Å². The molecule has 2 aliphatic rings. The highest BCUT2D eigenvalue weighted by Gasteiger charge is 2.71. The first kappa shape index (κ1) is 22.5. The number of ether oxygens (including phenoxy) is 2. The molecule has 0 aliphatic carbocycles. The predicted octanol–water partition coefficient (Wildman–Crippen LogP) is 3.81. The summed E-state index contributed by atoms with van der Waals surface area (Å²) in [5.41, 5.74) is 1.52. The fraction of sp³-hybridized carbons (Fsp3) is 0.381. The number of fused-ring (bicyclic) bond motifs is 1. The monoisotopic (exact) mass is 471 g/mol. The van der Waals surface area contributed by atoms with E-state index in [4.69, 9.17) is 26.8 Å². The van der Waals surface area contributed by atoms with Gasteiger partial charge in [0.15, 0.2) is 5.78 Å². The number of nitrogens with two attached hydrogens (primary N) is 1. The number of carbonyl (C=O) groups excluding carboxylic acids is 1. The second kappa shape index (κ2) is 7.70. The molecule has 3 atom stereocenters. The first-order valence-corrected chi connectivity index (χ1v) is 9.96. The van der Waals surface area contributed by atoms with Crippen LogP contribution in [-0.4, -0.2) is 41.8 Å². The van der Waals surface area contributed by atoms with Crippen molar-refractivity contribution in [2.75, 3.05) is 13.2 Å². The lowest BCUT2D eigenvalue weighted by atomic mass is 9.70. The Hall–Kier alpha value is -2.72. The molecule has 32 heavy (non-hydrogen) atoms. The number of carbonyl (C=O) groups is 1. The number of halogens is 5. The third-order valence-electron chi connectivity index (χ3n) is 5.91. The Morgan fingerprint density at radius 2 is 2.06 bits per heavy atom. The van der Waals surface area contributed by atoms with Gasteiger partial charge in [0.2, 0.25) is 5.60 Å². The molecule has 3 heterocycles. The molecule has 11 heteroatoms. The number of ketones is 1. The number of alkyl halides is 3. The van der Waals surface area contributed by atoms with Gasteiger partial charge in [-0.25, -0.2) is 9.38 Å². The van der Waals surface area contributed by atoms with Crippen molar-refractivity contribution in [2.24, 2.45) is 16.6 Å². The zero-order valence-corrected chi connectivity index (χ0v) is 17.5. The van der Waals surface area contributed by atoms with Crippen LogP contribution in [-0.2, 0) is 21.4 Å². The molecule has 1 saturated heterocycles. The van der Waals surface area contributed by atoms with E-state index in [9.17, 15) is 22.4 Å². The second-order valence-corrected chi connectivity index (χ2v) is 8.37. The summed E-state index contributed by atoms with van der Waals surface area (Å²) in [7, 11) is 0. The van der Waals surface area contributed by atoms with Crippen LogP contribution in [0.2, 0.25) is 5.02 Å². The zero-order chi connectivity index (χ0) is 23.3. The molecule has 2 aliphatic heterocycles. The number of Topliss-reactive ketones (excluding diaryl/α,β-unsaturated/α-hetero) is 1. The van der Waals surface area contributed by atoms with Gasteiger partial charge in [-0.05, 0) is 36.8 Å². The molecule has 1 aromatic carbocycles. The Morgan fingerprint density at radius 3 is 2.72 bits per heavy atom. The van der Waals surface area contributed by atoms with Crippen LogP contribution >= 0.6 is 11.6 Å². The molecule has 0 unspecified atom stereocenters. The van der Waals surface area contributed by atoms with Crippen molar-refractivity contribution < 1.29 is 31.8 Å². The average molecular weight is 472 g/mol. The summed E-state index contributed by atoms with van der Waals surface area (Å²) in [5, 5.41) is 0.362. The van der Waals surface area contributed by atoms with Crippen molar-refractivity contribution in [2.45, 2.75) is 30.7 Å². The van der Waals surface area contributed by atoms with Gasteiger partial charge in [0.05, 0.1) is 24.2 Å². The SMILES string of the molecule is C[C@]1(c2cc(CC(=O)c3ccc(Cl)cn3)ccc2F)N=C(N)O[C@]2(C(F)(F)F)COC[C@H]12. The molecule has 0 amide bonds. The lowest BCUT2D eigenvalue weighted by Gasteiger charge is -2.46. The Labute approximate surface area is 185 Å². The summed E-state index contributed by atoms with van der Waals surface area (Å²) >= 11 is 5.78. The van der Waals surface area contributed by atoms with Crippen LogP contribution < -0.4 is 5.73 Å². The minimum Gasteiger partial charge on any atom is -0.446 e. The van der Waals surface area contributed by atoms with Gasteiger partial charge in [0.25, 0.3) is 6.02 Å². The molecule has 0 spiro atoms. The summed E-state index contributed by atoms with van der Waals surface area (Å²) in [6.07, 6.45) is -3.66. The number of pyridine rings is 1. The van der Waals surface area contributed by atoms with Crippen LogP contribution in [0.25, 0.3) is 0 Å². The molecule has 170 valence electrons. The summed E-state index contributed by atoms with van der Waals surface area (Å²) < 4.78 is 67.1. The van der Waals surface area contributed by atoms with E-state index in [2.05, 4.69) is 9.98 Å². The largest absolute Gasteiger partial charge is 0.446 e. The highest BCUT2D eigenvalue weighted by atomic mass is 35.5. The van der Waals surface area contributed by atoms with Crippen LogP contribution in [0.5, 0.6) is 0 Å². The van der Waals surface area contributed by atoms with E-state index >= 15 is 0 Å². The molecule has 0 saturated carbocycles. The standard InChI is InChI=1S/C21H18ClF4N3O3/c1-19(17-9-31-10-20(17,21(24,25)26)32-18(27)29-19)13-6-11(2-4-14(13)23)7-16(30)15-5-3-12(22)8-28-15/h2-6,8,17H,7,9-10H2,1H3,(H2,27,29)/t17-,19-,20-/m1/s1. The smallest absolute Gasteiger partial charge is 0.431 e. The fourth-order valence-electron chi connectivity index (χ4n) is 4.27. The number of hydrogen-bond donors (Lipinski definition) is 1. The maximum absolute atomic E-state index is 14.9. The Kier molecular flexibility index (Phi) is 5.41. The highest BCUT2D eigenvalue weighted by Crippen LogP contribution is 2.54. The molecule has 1 fully saturated rings. The highest BCUT2D eigenvalue weighted by molar-refractivity contribution is 6.30. The third kappa shape index (κ3) is 3.61. The number of hydrogen-bond acceptors (Lipinski definition) is 6.